The average molecular weight is 616 g/mol. The van der Waals surface area contributed by atoms with Gasteiger partial charge in [-0.2, -0.15) is 13.2 Å². The summed E-state index contributed by atoms with van der Waals surface area (Å²) in [6.45, 7) is 0.578. The van der Waals surface area contributed by atoms with Gasteiger partial charge in [0.15, 0.2) is 0 Å². The number of carbonyl (C=O) groups is 2. The van der Waals surface area contributed by atoms with Crippen LogP contribution < -0.4 is 9.62 Å². The number of nitrogens with zero attached hydrogens (tertiary/aromatic N) is 2. The molecule has 0 radical (unpaired) electrons. The maximum Gasteiger partial charge on any atom is 0.416 e. The van der Waals surface area contributed by atoms with Gasteiger partial charge in [-0.1, -0.05) is 60.5 Å². The molecule has 3 aromatic carbocycles. The minimum Gasteiger partial charge on any atom is -0.357 e. The molecule has 7 nitrogen and oxygen atoms in total. The van der Waals surface area contributed by atoms with Crippen molar-refractivity contribution in [3.05, 3.63) is 94.0 Å². The lowest BCUT2D eigenvalue weighted by atomic mass is 10.1. The number of sulfonamides is 1. The smallest absolute Gasteiger partial charge is 0.357 e. The molecule has 0 saturated carbocycles. The monoisotopic (exact) mass is 615 g/mol. The van der Waals surface area contributed by atoms with Crippen LogP contribution in [0, 0.1) is 0 Å². The number of alkyl halides is 3. The molecule has 0 heterocycles. The number of likely N-dealkylation sites (N-methyl/N-ethyl adjacent to an activating group) is 1. The molecule has 1 unspecified atom stereocenters. The number of anilines is 1. The summed E-state index contributed by atoms with van der Waals surface area (Å²) < 4.78 is 68.5. The Kier molecular flexibility index (Phi) is 10.1. The molecule has 0 aliphatic rings. The van der Waals surface area contributed by atoms with Crippen molar-refractivity contribution in [2.24, 2.45) is 0 Å². The first-order valence-corrected chi connectivity index (χ1v) is 14.2. The van der Waals surface area contributed by atoms with Gasteiger partial charge in [-0.05, 0) is 54.4 Å². The molecule has 0 spiro atoms. The topological polar surface area (TPSA) is 86.8 Å². The van der Waals surface area contributed by atoms with Gasteiger partial charge in [0.2, 0.25) is 11.8 Å². The summed E-state index contributed by atoms with van der Waals surface area (Å²) in [6.07, 6.45) is -4.60. The second-order valence-electron chi connectivity index (χ2n) is 8.67. The Morgan fingerprint density at radius 3 is 2.23 bits per heavy atom. The molecule has 40 heavy (non-hydrogen) atoms. The Balaban J connectivity index is 2.12. The number of hydrogen-bond donors (Lipinski definition) is 1. The highest BCUT2D eigenvalue weighted by molar-refractivity contribution is 7.92. The Morgan fingerprint density at radius 1 is 0.975 bits per heavy atom. The first kappa shape index (κ1) is 31.3. The molecular formula is C27H26Cl2F3N3O4S. The lowest BCUT2D eigenvalue weighted by Crippen LogP contribution is -2.51. The van der Waals surface area contributed by atoms with Gasteiger partial charge in [-0.25, -0.2) is 8.42 Å². The fourth-order valence-electron chi connectivity index (χ4n) is 4.01. The number of halogens is 5. The van der Waals surface area contributed by atoms with Gasteiger partial charge >= 0.3 is 6.18 Å². The Labute approximate surface area is 240 Å². The lowest BCUT2D eigenvalue weighted by Gasteiger charge is -2.33. The largest absolute Gasteiger partial charge is 0.416 e. The Bertz CT molecular complexity index is 1470. The SMILES string of the molecule is CCC(C(=O)NC)N(Cc1ccc(Cl)cc1Cl)C(=O)CN(c1cccc(C(F)(F)F)c1)S(=O)(=O)c1ccccc1. The van der Waals surface area contributed by atoms with Gasteiger partial charge < -0.3 is 10.2 Å². The quantitative estimate of drug-likeness (QED) is 0.314. The Hall–Kier alpha value is -3.28. The molecule has 3 rings (SSSR count). The summed E-state index contributed by atoms with van der Waals surface area (Å²) in [5, 5.41) is 3.04. The van der Waals surface area contributed by atoms with Crippen molar-refractivity contribution >= 4 is 50.7 Å². The maximum absolute atomic E-state index is 13.8. The zero-order valence-corrected chi connectivity index (χ0v) is 23.8. The molecule has 1 atom stereocenters. The summed E-state index contributed by atoms with van der Waals surface area (Å²) in [5.41, 5.74) is -1.03. The van der Waals surface area contributed by atoms with Crippen molar-refractivity contribution in [2.45, 2.75) is 37.0 Å². The van der Waals surface area contributed by atoms with Crippen molar-refractivity contribution in [3.8, 4) is 0 Å². The van der Waals surface area contributed by atoms with E-state index in [2.05, 4.69) is 5.32 Å². The van der Waals surface area contributed by atoms with Gasteiger partial charge in [0.25, 0.3) is 10.0 Å². The van der Waals surface area contributed by atoms with Crippen molar-refractivity contribution in [3.63, 3.8) is 0 Å². The van der Waals surface area contributed by atoms with Crippen LogP contribution in [0.15, 0.2) is 77.7 Å². The van der Waals surface area contributed by atoms with E-state index in [-0.39, 0.29) is 28.6 Å². The molecule has 0 aliphatic carbocycles. The zero-order valence-electron chi connectivity index (χ0n) is 21.5. The zero-order chi connectivity index (χ0) is 29.7. The van der Waals surface area contributed by atoms with Crippen molar-refractivity contribution < 1.29 is 31.2 Å². The van der Waals surface area contributed by atoms with Gasteiger partial charge in [-0.15, -0.1) is 0 Å². The van der Waals surface area contributed by atoms with Crippen LogP contribution in [0.25, 0.3) is 0 Å². The first-order chi connectivity index (χ1) is 18.8. The second kappa shape index (κ2) is 12.9. The van der Waals surface area contributed by atoms with E-state index in [1.54, 1.807) is 25.1 Å². The maximum atomic E-state index is 13.8. The van der Waals surface area contributed by atoms with Crippen LogP contribution in [0.4, 0.5) is 18.9 Å². The first-order valence-electron chi connectivity index (χ1n) is 12.0. The molecule has 214 valence electrons. The molecule has 1 N–H and O–H groups in total. The van der Waals surface area contributed by atoms with Gasteiger partial charge in [0, 0.05) is 23.6 Å². The fraction of sp³-hybridized carbons (Fsp3) is 0.259. The third kappa shape index (κ3) is 7.26. The summed E-state index contributed by atoms with van der Waals surface area (Å²) >= 11 is 12.3. The molecule has 0 saturated heterocycles. The number of nitrogens with one attached hydrogen (secondary N) is 1. The number of hydrogen-bond acceptors (Lipinski definition) is 4. The predicted octanol–water partition coefficient (Wildman–Crippen LogP) is 5.76. The van der Waals surface area contributed by atoms with E-state index < -0.39 is 46.2 Å². The van der Waals surface area contributed by atoms with Crippen LogP contribution in [0.3, 0.4) is 0 Å². The molecule has 13 heteroatoms. The highest BCUT2D eigenvalue weighted by Crippen LogP contribution is 2.33. The van der Waals surface area contributed by atoms with E-state index in [9.17, 15) is 31.2 Å². The summed E-state index contributed by atoms with van der Waals surface area (Å²) in [5.74, 6) is -1.35. The molecule has 2 amide bonds. The van der Waals surface area contributed by atoms with Gasteiger partial charge in [-0.3, -0.25) is 13.9 Å². The van der Waals surface area contributed by atoms with E-state index in [0.717, 1.165) is 17.0 Å². The third-order valence-electron chi connectivity index (χ3n) is 6.06. The van der Waals surface area contributed by atoms with Gasteiger partial charge in [0.1, 0.15) is 12.6 Å². The normalized spacial score (nSPS) is 12.5. The van der Waals surface area contributed by atoms with Crippen molar-refractivity contribution in [1.29, 1.82) is 0 Å². The fourth-order valence-corrected chi connectivity index (χ4v) is 5.90. The number of benzene rings is 3. The third-order valence-corrected chi connectivity index (χ3v) is 8.43. The van der Waals surface area contributed by atoms with Gasteiger partial charge in [0.05, 0.1) is 16.1 Å². The highest BCUT2D eigenvalue weighted by atomic mass is 35.5. The lowest BCUT2D eigenvalue weighted by molar-refractivity contribution is -0.140. The molecule has 0 bridgehead atoms. The van der Waals surface area contributed by atoms with E-state index in [1.165, 1.54) is 43.4 Å². The van der Waals surface area contributed by atoms with E-state index in [1.807, 2.05) is 0 Å². The van der Waals surface area contributed by atoms with Crippen molar-refractivity contribution in [2.75, 3.05) is 17.9 Å². The molecule has 0 aliphatic heterocycles. The number of rotatable bonds is 10. The number of amides is 2. The predicted molar refractivity (Wildman–Crippen MR) is 148 cm³/mol. The molecular weight excluding hydrogens is 590 g/mol. The van der Waals surface area contributed by atoms with Crippen LogP contribution in [0.2, 0.25) is 10.0 Å². The Morgan fingerprint density at radius 2 is 1.65 bits per heavy atom. The second-order valence-corrected chi connectivity index (χ2v) is 11.4. The van der Waals surface area contributed by atoms with Crippen LogP contribution in [0.1, 0.15) is 24.5 Å². The van der Waals surface area contributed by atoms with Crippen LogP contribution in [-0.4, -0.2) is 44.8 Å². The molecule has 0 aromatic heterocycles. The van der Waals surface area contributed by atoms with Crippen LogP contribution in [-0.2, 0) is 32.3 Å². The van der Waals surface area contributed by atoms with E-state index in [0.29, 0.717) is 21.0 Å². The molecule has 0 fully saturated rings. The number of carbonyl (C=O) groups excluding carboxylic acids is 2. The van der Waals surface area contributed by atoms with Crippen LogP contribution >= 0.6 is 23.2 Å². The minimum atomic E-state index is -4.76. The standard InChI is InChI=1S/C27H26Cl2F3N3O4S/c1-3-24(26(37)33-2)34(16-18-12-13-20(28)15-23(18)29)25(36)17-35(40(38,39)22-10-5-4-6-11-22)21-9-7-8-19(14-21)27(30,31)32/h4-15,24H,3,16-17H2,1-2H3,(H,33,37). The van der Waals surface area contributed by atoms with E-state index in [4.69, 9.17) is 23.2 Å². The van der Waals surface area contributed by atoms with Crippen LogP contribution in [0.5, 0.6) is 0 Å². The average Bonchev–Trinajstić information content (AvgIpc) is 2.92. The highest BCUT2D eigenvalue weighted by Gasteiger charge is 2.35. The summed E-state index contributed by atoms with van der Waals surface area (Å²) in [7, 11) is -3.13. The molecule has 3 aromatic rings. The van der Waals surface area contributed by atoms with E-state index >= 15 is 0 Å². The van der Waals surface area contributed by atoms with Crippen molar-refractivity contribution in [1.82, 2.24) is 10.2 Å². The summed E-state index contributed by atoms with van der Waals surface area (Å²) in [6, 6.07) is 14.2. The minimum absolute atomic E-state index is 0.158. The summed E-state index contributed by atoms with van der Waals surface area (Å²) in [4.78, 5) is 27.5.